The molecule has 1 aliphatic carbocycles. The second kappa shape index (κ2) is 2.93. The summed E-state index contributed by atoms with van der Waals surface area (Å²) in [5.41, 5.74) is 5.91. The van der Waals surface area contributed by atoms with Crippen LogP contribution in [0.5, 0.6) is 0 Å². The second-order valence-electron chi connectivity index (χ2n) is 6.30. The van der Waals surface area contributed by atoms with E-state index in [1.807, 2.05) is 25.1 Å². The first-order valence-corrected chi connectivity index (χ1v) is 7.28. The third-order valence-electron chi connectivity index (χ3n) is 4.98. The predicted molar refractivity (Wildman–Crippen MR) is 73.6 cm³/mol. The summed E-state index contributed by atoms with van der Waals surface area (Å²) < 4.78 is 18.7. The van der Waals surface area contributed by atoms with Crippen LogP contribution in [0, 0.1) is 0 Å². The third-order valence-corrected chi connectivity index (χ3v) is 4.98. The molecule has 0 aromatic heterocycles. The summed E-state index contributed by atoms with van der Waals surface area (Å²) in [5.74, 6) is -0.639. The maximum atomic E-state index is 6.35. The number of allylic oxidation sites excluding steroid dienone is 1. The van der Waals surface area contributed by atoms with Gasteiger partial charge < -0.3 is 14.8 Å². The van der Waals surface area contributed by atoms with Crippen LogP contribution in [0.15, 0.2) is 64.6 Å². The molecule has 1 saturated heterocycles. The largest absolute Gasteiger partial charge is 0.442 e. The number of rotatable bonds is 2. The number of hydrogen-bond acceptors (Lipinski definition) is 4. The van der Waals surface area contributed by atoms with Crippen LogP contribution in [0.2, 0.25) is 0 Å². The molecule has 0 saturated carbocycles. The minimum absolute atomic E-state index is 0.128. The average molecular weight is 279 g/mol. The van der Waals surface area contributed by atoms with Gasteiger partial charge in [0.15, 0.2) is 12.0 Å². The van der Waals surface area contributed by atoms with Gasteiger partial charge >= 0.3 is 0 Å². The molecule has 1 fully saturated rings. The molecular formula is C17H13NO3. The highest BCUT2D eigenvalue weighted by atomic mass is 16.8. The van der Waals surface area contributed by atoms with Crippen LogP contribution in [0.1, 0.15) is 12.5 Å². The molecule has 4 nitrogen and oxygen atoms in total. The van der Waals surface area contributed by atoms with Crippen LogP contribution in [-0.4, -0.2) is 17.8 Å². The highest BCUT2D eigenvalue weighted by molar-refractivity contribution is 5.72. The molecule has 4 aliphatic heterocycles. The Morgan fingerprint density at radius 3 is 2.90 bits per heavy atom. The van der Waals surface area contributed by atoms with Crippen molar-refractivity contribution in [1.82, 2.24) is 5.32 Å². The van der Waals surface area contributed by atoms with Gasteiger partial charge in [-0.25, -0.2) is 0 Å². The summed E-state index contributed by atoms with van der Waals surface area (Å²) in [6.07, 6.45) is 2.75. The summed E-state index contributed by atoms with van der Waals surface area (Å²) in [6, 6.07) is 10.3. The van der Waals surface area contributed by atoms with Crippen LogP contribution in [0.3, 0.4) is 0 Å². The van der Waals surface area contributed by atoms with Crippen molar-refractivity contribution in [2.75, 3.05) is 0 Å². The fraction of sp³-hybridized carbons (Fsp3) is 0.294. The summed E-state index contributed by atoms with van der Waals surface area (Å²) in [5, 5.41) is 3.34. The lowest BCUT2D eigenvalue weighted by Gasteiger charge is -2.35. The predicted octanol–water partition coefficient (Wildman–Crippen LogP) is 2.11. The number of ether oxygens (including phenoxy) is 3. The van der Waals surface area contributed by atoms with Gasteiger partial charge in [-0.15, -0.1) is 0 Å². The first kappa shape index (κ1) is 10.7. The highest BCUT2D eigenvalue weighted by Crippen LogP contribution is 2.64. The molecule has 5 aliphatic rings. The van der Waals surface area contributed by atoms with E-state index in [1.165, 1.54) is 22.3 Å². The van der Waals surface area contributed by atoms with E-state index in [9.17, 15) is 0 Å². The van der Waals surface area contributed by atoms with Crippen molar-refractivity contribution in [3.63, 3.8) is 0 Å². The number of nitrogens with one attached hydrogen (secondary N) is 1. The van der Waals surface area contributed by atoms with Gasteiger partial charge in [-0.1, -0.05) is 30.3 Å². The molecule has 104 valence electrons. The van der Waals surface area contributed by atoms with Gasteiger partial charge in [-0.2, -0.15) is 0 Å². The molecule has 21 heavy (non-hydrogen) atoms. The Kier molecular flexibility index (Phi) is 1.49. The number of dihydropyridines is 1. The SMILES string of the molecule is CC12OC3NC4=C5C=C3C1=C5C(Cc1ccccc1)(O4)O2. The molecular weight excluding hydrogens is 266 g/mol. The topological polar surface area (TPSA) is 39.7 Å². The molecule has 1 aromatic carbocycles. The average Bonchev–Trinajstić information content (AvgIpc) is 3.08. The standard InChI is InChI=1S/C17H13NO3/c1-16-12-10-7-11-13(12)17(21-16,8-9-5-3-2-4-6-9)20-15(11)18-14(10)19-16/h2-7,14,18H,8H2,1H3. The summed E-state index contributed by atoms with van der Waals surface area (Å²) in [6.45, 7) is 1.99. The fourth-order valence-electron chi connectivity index (χ4n) is 4.29. The van der Waals surface area contributed by atoms with Gasteiger partial charge in [0.2, 0.25) is 11.7 Å². The minimum Gasteiger partial charge on any atom is -0.442 e. The molecule has 4 heterocycles. The molecule has 6 rings (SSSR count). The van der Waals surface area contributed by atoms with E-state index in [-0.39, 0.29) is 6.23 Å². The zero-order chi connectivity index (χ0) is 13.8. The lowest BCUT2D eigenvalue weighted by Crippen LogP contribution is -2.46. The van der Waals surface area contributed by atoms with E-state index >= 15 is 0 Å². The molecule has 3 atom stereocenters. The van der Waals surface area contributed by atoms with E-state index in [0.717, 1.165) is 11.5 Å². The Labute approximate surface area is 121 Å². The normalized spacial score (nSPS) is 40.0. The molecule has 2 bridgehead atoms. The van der Waals surface area contributed by atoms with E-state index in [0.29, 0.717) is 6.42 Å². The fourth-order valence-corrected chi connectivity index (χ4v) is 4.29. The quantitative estimate of drug-likeness (QED) is 0.900. The number of hydrogen-bond donors (Lipinski definition) is 1. The Hall–Kier alpha value is -2.04. The van der Waals surface area contributed by atoms with Crippen LogP contribution >= 0.6 is 0 Å². The van der Waals surface area contributed by atoms with Crippen molar-refractivity contribution in [2.24, 2.45) is 0 Å². The van der Waals surface area contributed by atoms with Gasteiger partial charge in [-0.05, 0) is 18.6 Å². The van der Waals surface area contributed by atoms with Crippen molar-refractivity contribution < 1.29 is 14.2 Å². The van der Waals surface area contributed by atoms with Crippen LogP contribution in [0.4, 0.5) is 0 Å². The molecule has 4 heteroatoms. The van der Waals surface area contributed by atoms with Gasteiger partial charge in [0.1, 0.15) is 0 Å². The van der Waals surface area contributed by atoms with Gasteiger partial charge in [0, 0.05) is 28.7 Å². The molecule has 0 radical (unpaired) electrons. The highest BCUT2D eigenvalue weighted by Gasteiger charge is 2.69. The Bertz CT molecular complexity index is 807. The molecule has 0 spiro atoms. The molecule has 0 amide bonds. The van der Waals surface area contributed by atoms with Crippen LogP contribution < -0.4 is 5.32 Å². The summed E-state index contributed by atoms with van der Waals surface area (Å²) in [4.78, 5) is 0. The van der Waals surface area contributed by atoms with Crippen LogP contribution in [0.25, 0.3) is 0 Å². The first-order valence-electron chi connectivity index (χ1n) is 7.28. The van der Waals surface area contributed by atoms with Crippen molar-refractivity contribution in [1.29, 1.82) is 0 Å². The lowest BCUT2D eigenvalue weighted by molar-refractivity contribution is -0.306. The zero-order valence-corrected chi connectivity index (χ0v) is 11.5. The Morgan fingerprint density at radius 1 is 1.19 bits per heavy atom. The van der Waals surface area contributed by atoms with E-state index in [2.05, 4.69) is 23.5 Å². The van der Waals surface area contributed by atoms with Crippen molar-refractivity contribution in [3.05, 3.63) is 70.1 Å². The Morgan fingerprint density at radius 2 is 2.05 bits per heavy atom. The van der Waals surface area contributed by atoms with Gasteiger partial charge in [0.25, 0.3) is 0 Å². The molecule has 3 unspecified atom stereocenters. The summed E-state index contributed by atoms with van der Waals surface area (Å²) >= 11 is 0. The third kappa shape index (κ3) is 1.02. The molecule has 1 aromatic rings. The van der Waals surface area contributed by atoms with E-state index < -0.39 is 11.6 Å². The maximum Gasteiger partial charge on any atom is 0.247 e. The molecule has 1 N–H and O–H groups in total. The van der Waals surface area contributed by atoms with E-state index in [1.54, 1.807) is 0 Å². The summed E-state index contributed by atoms with van der Waals surface area (Å²) in [7, 11) is 0. The van der Waals surface area contributed by atoms with Crippen LogP contribution in [-0.2, 0) is 20.6 Å². The second-order valence-corrected chi connectivity index (χ2v) is 6.30. The van der Waals surface area contributed by atoms with Gasteiger partial charge in [0.05, 0.1) is 0 Å². The lowest BCUT2D eigenvalue weighted by atomic mass is 9.94. The zero-order valence-electron chi connectivity index (χ0n) is 11.5. The van der Waals surface area contributed by atoms with Crippen molar-refractivity contribution in [3.8, 4) is 0 Å². The minimum atomic E-state index is -0.743. The smallest absolute Gasteiger partial charge is 0.247 e. The maximum absolute atomic E-state index is 6.35. The van der Waals surface area contributed by atoms with E-state index in [4.69, 9.17) is 14.2 Å². The number of benzene rings is 1. The monoisotopic (exact) mass is 279 g/mol. The first-order chi connectivity index (χ1) is 10.2. The van der Waals surface area contributed by atoms with Gasteiger partial charge in [-0.3, -0.25) is 4.74 Å². The Balaban J connectivity index is 1.56. The van der Waals surface area contributed by atoms with Crippen molar-refractivity contribution >= 4 is 0 Å². The van der Waals surface area contributed by atoms with Crippen molar-refractivity contribution in [2.45, 2.75) is 31.1 Å².